The molecule has 2 aromatic rings. The Morgan fingerprint density at radius 3 is 2.50 bits per heavy atom. The summed E-state index contributed by atoms with van der Waals surface area (Å²) in [6, 6.07) is 13.1. The number of nitrogens with zero attached hydrogens (tertiary/aromatic N) is 2. The quantitative estimate of drug-likeness (QED) is 0.754. The van der Waals surface area contributed by atoms with E-state index in [1.165, 1.54) is 16.2 Å². The number of halogens is 2. The van der Waals surface area contributed by atoms with Crippen LogP contribution in [0, 0.1) is 0 Å². The van der Waals surface area contributed by atoms with Gasteiger partial charge in [-0.25, -0.2) is 0 Å². The highest BCUT2D eigenvalue weighted by molar-refractivity contribution is 9.10. The highest BCUT2D eigenvalue weighted by Gasteiger charge is 2.14. The number of carbonyl (C=O) groups is 1. The van der Waals surface area contributed by atoms with Crippen LogP contribution in [0.1, 0.15) is 5.56 Å². The van der Waals surface area contributed by atoms with Crippen molar-refractivity contribution in [2.45, 2.75) is 13.0 Å². The second-order valence-electron chi connectivity index (χ2n) is 5.22. The van der Waals surface area contributed by atoms with Gasteiger partial charge in [0.1, 0.15) is 6.54 Å². The molecule has 0 aliphatic rings. The number of rotatable bonds is 7. The normalized spacial score (nSPS) is 10.1. The minimum absolute atomic E-state index is 0. The Labute approximate surface area is 156 Å². The zero-order chi connectivity index (χ0) is 16.7. The summed E-state index contributed by atoms with van der Waals surface area (Å²) in [6.45, 7) is 1.48. The van der Waals surface area contributed by atoms with Crippen LogP contribution in [0.3, 0.4) is 0 Å². The van der Waals surface area contributed by atoms with Crippen LogP contribution in [0.25, 0.3) is 0 Å². The molecule has 0 saturated heterocycles. The number of pyridine rings is 1. The molecule has 1 aromatic carbocycles. The Bertz CT molecular complexity index is 706. The van der Waals surface area contributed by atoms with Gasteiger partial charge in [-0.2, -0.15) is 0 Å². The fourth-order valence-electron chi connectivity index (χ4n) is 2.30. The standard InChI is InChI=1S/C17H20BrN3O2.ClH/c18-15-6-7-16(22)21(12-15)13-17(23)20(11-9-19)10-8-14-4-2-1-3-5-14;/h1-7,12H,8-11,13,19H2;1H. The molecule has 0 radical (unpaired) electrons. The van der Waals surface area contributed by atoms with Gasteiger partial charge >= 0.3 is 0 Å². The van der Waals surface area contributed by atoms with Crippen molar-refractivity contribution in [1.82, 2.24) is 9.47 Å². The first kappa shape index (κ1) is 20.4. The van der Waals surface area contributed by atoms with Gasteiger partial charge in [0.25, 0.3) is 5.56 Å². The van der Waals surface area contributed by atoms with E-state index in [1.54, 1.807) is 17.2 Å². The van der Waals surface area contributed by atoms with Gasteiger partial charge in [-0.05, 0) is 34.0 Å². The second kappa shape index (κ2) is 10.3. The fraction of sp³-hybridized carbons (Fsp3) is 0.294. The van der Waals surface area contributed by atoms with E-state index in [2.05, 4.69) is 15.9 Å². The Kier molecular flexibility index (Phi) is 8.74. The van der Waals surface area contributed by atoms with E-state index >= 15 is 0 Å². The molecule has 0 fully saturated rings. The van der Waals surface area contributed by atoms with E-state index in [0.717, 1.165) is 10.9 Å². The number of nitrogens with two attached hydrogens (primary N) is 1. The van der Waals surface area contributed by atoms with E-state index in [4.69, 9.17) is 5.73 Å². The highest BCUT2D eigenvalue weighted by Crippen LogP contribution is 2.06. The minimum Gasteiger partial charge on any atom is -0.340 e. The maximum absolute atomic E-state index is 12.5. The highest BCUT2D eigenvalue weighted by atomic mass is 79.9. The molecule has 0 atom stereocenters. The molecule has 2 N–H and O–H groups in total. The van der Waals surface area contributed by atoms with Crippen LogP contribution in [0.4, 0.5) is 0 Å². The van der Waals surface area contributed by atoms with E-state index in [1.807, 2.05) is 30.3 Å². The van der Waals surface area contributed by atoms with Crippen molar-refractivity contribution in [3.8, 4) is 0 Å². The van der Waals surface area contributed by atoms with E-state index in [9.17, 15) is 9.59 Å². The lowest BCUT2D eigenvalue weighted by Gasteiger charge is -2.22. The third-order valence-corrected chi connectivity index (χ3v) is 3.99. The molecule has 7 heteroatoms. The molecule has 24 heavy (non-hydrogen) atoms. The van der Waals surface area contributed by atoms with Crippen LogP contribution in [-0.4, -0.2) is 35.0 Å². The van der Waals surface area contributed by atoms with Gasteiger partial charge in [-0.1, -0.05) is 30.3 Å². The number of hydrogen-bond donors (Lipinski definition) is 1. The largest absolute Gasteiger partial charge is 0.340 e. The van der Waals surface area contributed by atoms with Crippen LogP contribution >= 0.6 is 28.3 Å². The molecule has 0 saturated carbocycles. The Morgan fingerprint density at radius 2 is 1.83 bits per heavy atom. The fourth-order valence-corrected chi connectivity index (χ4v) is 2.68. The van der Waals surface area contributed by atoms with Crippen molar-refractivity contribution in [3.63, 3.8) is 0 Å². The number of carbonyl (C=O) groups excluding carboxylic acids is 1. The van der Waals surface area contributed by atoms with Crippen molar-refractivity contribution in [1.29, 1.82) is 0 Å². The third-order valence-electron chi connectivity index (χ3n) is 3.52. The lowest BCUT2D eigenvalue weighted by Crippen LogP contribution is -2.40. The van der Waals surface area contributed by atoms with Crippen molar-refractivity contribution < 1.29 is 4.79 Å². The van der Waals surface area contributed by atoms with Gasteiger partial charge < -0.3 is 15.2 Å². The maximum Gasteiger partial charge on any atom is 0.251 e. The van der Waals surface area contributed by atoms with Crippen molar-refractivity contribution in [2.24, 2.45) is 5.73 Å². The molecular weight excluding hydrogens is 394 g/mol. The van der Waals surface area contributed by atoms with Gasteiger partial charge in [0.05, 0.1) is 0 Å². The smallest absolute Gasteiger partial charge is 0.251 e. The summed E-state index contributed by atoms with van der Waals surface area (Å²) in [7, 11) is 0. The summed E-state index contributed by atoms with van der Waals surface area (Å²) < 4.78 is 2.16. The zero-order valence-corrected chi connectivity index (χ0v) is 15.6. The first-order chi connectivity index (χ1) is 11.1. The molecule has 0 unspecified atom stereocenters. The molecule has 1 heterocycles. The summed E-state index contributed by atoms with van der Waals surface area (Å²) >= 11 is 3.31. The minimum atomic E-state index is -0.197. The topological polar surface area (TPSA) is 68.3 Å². The van der Waals surface area contributed by atoms with E-state index < -0.39 is 0 Å². The molecule has 1 amide bonds. The molecule has 0 aliphatic heterocycles. The van der Waals surface area contributed by atoms with E-state index in [0.29, 0.717) is 19.6 Å². The Hall–Kier alpha value is -1.63. The van der Waals surface area contributed by atoms with Crippen LogP contribution in [-0.2, 0) is 17.8 Å². The van der Waals surface area contributed by atoms with Crippen LogP contribution < -0.4 is 11.3 Å². The van der Waals surface area contributed by atoms with Crippen molar-refractivity contribution in [2.75, 3.05) is 19.6 Å². The SMILES string of the molecule is Cl.NCCN(CCc1ccccc1)C(=O)Cn1cc(Br)ccc1=O. The molecule has 0 bridgehead atoms. The van der Waals surface area contributed by atoms with Crippen LogP contribution in [0.15, 0.2) is 57.9 Å². The monoisotopic (exact) mass is 413 g/mol. The maximum atomic E-state index is 12.5. The lowest BCUT2D eigenvalue weighted by molar-refractivity contribution is -0.131. The van der Waals surface area contributed by atoms with Gasteiger partial charge in [0.15, 0.2) is 0 Å². The first-order valence-electron chi connectivity index (χ1n) is 7.48. The van der Waals surface area contributed by atoms with Crippen molar-refractivity contribution >= 4 is 34.2 Å². The summed E-state index contributed by atoms with van der Waals surface area (Å²) in [5.74, 6) is -0.105. The molecule has 130 valence electrons. The first-order valence-corrected chi connectivity index (χ1v) is 8.27. The van der Waals surface area contributed by atoms with Crippen LogP contribution in [0.2, 0.25) is 0 Å². The second-order valence-corrected chi connectivity index (χ2v) is 6.13. The van der Waals surface area contributed by atoms with Gasteiger partial charge in [-0.15, -0.1) is 12.4 Å². The summed E-state index contributed by atoms with van der Waals surface area (Å²) in [5, 5.41) is 0. The predicted octanol–water partition coefficient (Wildman–Crippen LogP) is 2.06. The third kappa shape index (κ3) is 6.11. The van der Waals surface area contributed by atoms with Gasteiger partial charge in [0, 0.05) is 36.4 Å². The predicted molar refractivity (Wildman–Crippen MR) is 101 cm³/mol. The number of aromatic nitrogens is 1. The molecule has 1 aromatic heterocycles. The molecular formula is C17H21BrClN3O2. The average molecular weight is 415 g/mol. The molecule has 2 rings (SSSR count). The van der Waals surface area contributed by atoms with Crippen molar-refractivity contribution in [3.05, 3.63) is 69.1 Å². The lowest BCUT2D eigenvalue weighted by atomic mass is 10.1. The number of amides is 1. The summed E-state index contributed by atoms with van der Waals surface area (Å²) in [5.41, 5.74) is 6.59. The molecule has 5 nitrogen and oxygen atoms in total. The molecule has 0 spiro atoms. The van der Waals surface area contributed by atoms with E-state index in [-0.39, 0.29) is 30.4 Å². The van der Waals surface area contributed by atoms with Crippen LogP contribution in [0.5, 0.6) is 0 Å². The number of benzene rings is 1. The number of hydrogen-bond acceptors (Lipinski definition) is 3. The summed E-state index contributed by atoms with van der Waals surface area (Å²) in [4.78, 5) is 26.0. The zero-order valence-electron chi connectivity index (χ0n) is 13.2. The Morgan fingerprint density at radius 1 is 1.12 bits per heavy atom. The average Bonchev–Trinajstić information content (AvgIpc) is 2.55. The van der Waals surface area contributed by atoms with Gasteiger partial charge in [0.2, 0.25) is 5.91 Å². The summed E-state index contributed by atoms with van der Waals surface area (Å²) in [6.07, 6.45) is 2.39. The Balaban J connectivity index is 0.00000288. The van der Waals surface area contributed by atoms with Gasteiger partial charge in [-0.3, -0.25) is 9.59 Å². The molecule has 0 aliphatic carbocycles.